The monoisotopic (exact) mass is 497 g/mol. The number of anilines is 1. The normalized spacial score (nSPS) is 11.4. The van der Waals surface area contributed by atoms with Crippen molar-refractivity contribution in [3.63, 3.8) is 0 Å². The quantitative estimate of drug-likeness (QED) is 0.285. The first kappa shape index (κ1) is 25.5. The van der Waals surface area contributed by atoms with Crippen molar-refractivity contribution in [1.29, 1.82) is 0 Å². The molecule has 0 saturated carbocycles. The molecule has 0 aliphatic carbocycles. The van der Waals surface area contributed by atoms with Crippen LogP contribution >= 0.6 is 11.3 Å². The molecule has 2 aromatic carbocycles. The molecule has 0 spiro atoms. The van der Waals surface area contributed by atoms with Crippen molar-refractivity contribution in [2.75, 3.05) is 25.0 Å². The molecular weight excluding hydrogens is 470 g/mol. The average Bonchev–Trinajstić information content (AvgIpc) is 3.32. The molecule has 0 fully saturated rings. The molecular formula is C25H27N3O4S2. The van der Waals surface area contributed by atoms with Crippen LogP contribution < -0.4 is 4.90 Å². The summed E-state index contributed by atoms with van der Waals surface area (Å²) in [4.78, 5) is 30.6. The Balaban J connectivity index is 1.62. The van der Waals surface area contributed by atoms with Gasteiger partial charge in [0.15, 0.2) is 10.9 Å². The standard InChI is InChI=1S/C25H27N3O4S2/c1-4-16-28(25-26-23(18-33-25)21-9-6-5-7-10-21)24(30)11-8-17-27(3)34(31,32)22-14-12-20(13-15-22)19(2)29/h4-7,9-10,12-15,18H,1,8,11,16-17H2,2-3H3. The predicted octanol–water partition coefficient (Wildman–Crippen LogP) is 4.63. The number of aromatic nitrogens is 1. The largest absolute Gasteiger partial charge is 0.295 e. The van der Waals surface area contributed by atoms with Crippen LogP contribution in [0.15, 0.2) is 77.5 Å². The van der Waals surface area contributed by atoms with Gasteiger partial charge in [-0.3, -0.25) is 14.5 Å². The number of ketones is 1. The highest BCUT2D eigenvalue weighted by Gasteiger charge is 2.22. The highest BCUT2D eigenvalue weighted by Crippen LogP contribution is 2.28. The number of Topliss-reactive ketones (excluding diaryl/α,β-unsaturated/α-hetero) is 1. The smallest absolute Gasteiger partial charge is 0.242 e. The summed E-state index contributed by atoms with van der Waals surface area (Å²) in [5, 5.41) is 2.49. The number of thiazole rings is 1. The van der Waals surface area contributed by atoms with Crippen molar-refractivity contribution in [1.82, 2.24) is 9.29 Å². The van der Waals surface area contributed by atoms with E-state index in [1.165, 1.54) is 53.9 Å². The van der Waals surface area contributed by atoms with Gasteiger partial charge in [-0.25, -0.2) is 17.7 Å². The molecule has 178 valence electrons. The fourth-order valence-electron chi connectivity index (χ4n) is 3.30. The lowest BCUT2D eigenvalue weighted by Crippen LogP contribution is -2.32. The minimum Gasteiger partial charge on any atom is -0.295 e. The number of hydrogen-bond acceptors (Lipinski definition) is 6. The Hall–Kier alpha value is -3.14. The molecule has 0 atom stereocenters. The molecule has 1 heterocycles. The topological polar surface area (TPSA) is 87.7 Å². The molecule has 34 heavy (non-hydrogen) atoms. The molecule has 1 amide bonds. The van der Waals surface area contributed by atoms with E-state index < -0.39 is 10.0 Å². The van der Waals surface area contributed by atoms with E-state index in [0.29, 0.717) is 23.7 Å². The van der Waals surface area contributed by atoms with Crippen LogP contribution in [0.3, 0.4) is 0 Å². The molecule has 0 saturated heterocycles. The van der Waals surface area contributed by atoms with E-state index in [1.54, 1.807) is 11.0 Å². The molecule has 0 aliphatic rings. The maximum atomic E-state index is 12.9. The minimum atomic E-state index is -3.72. The van der Waals surface area contributed by atoms with Crippen LogP contribution in [0.2, 0.25) is 0 Å². The first-order valence-corrected chi connectivity index (χ1v) is 13.1. The number of rotatable bonds is 11. The molecule has 9 heteroatoms. The number of carbonyl (C=O) groups excluding carboxylic acids is 2. The van der Waals surface area contributed by atoms with Crippen LogP contribution in [0.4, 0.5) is 5.13 Å². The Morgan fingerprint density at radius 3 is 2.38 bits per heavy atom. The first-order chi connectivity index (χ1) is 16.2. The van der Waals surface area contributed by atoms with E-state index in [1.807, 2.05) is 35.7 Å². The number of amides is 1. The van der Waals surface area contributed by atoms with Crippen molar-refractivity contribution < 1.29 is 18.0 Å². The van der Waals surface area contributed by atoms with E-state index in [9.17, 15) is 18.0 Å². The first-order valence-electron chi connectivity index (χ1n) is 10.7. The van der Waals surface area contributed by atoms with Gasteiger partial charge in [0.2, 0.25) is 15.9 Å². The molecule has 0 bridgehead atoms. The van der Waals surface area contributed by atoms with Crippen LogP contribution in [0.5, 0.6) is 0 Å². The van der Waals surface area contributed by atoms with Crippen LogP contribution in [-0.2, 0) is 14.8 Å². The summed E-state index contributed by atoms with van der Waals surface area (Å²) in [6.45, 7) is 5.66. The molecule has 0 radical (unpaired) electrons. The van der Waals surface area contributed by atoms with Gasteiger partial charge in [0.25, 0.3) is 0 Å². The van der Waals surface area contributed by atoms with E-state index in [4.69, 9.17) is 0 Å². The van der Waals surface area contributed by atoms with Crippen molar-refractivity contribution >= 4 is 38.2 Å². The Morgan fingerprint density at radius 1 is 1.09 bits per heavy atom. The highest BCUT2D eigenvalue weighted by molar-refractivity contribution is 7.89. The average molecular weight is 498 g/mol. The fourth-order valence-corrected chi connectivity index (χ4v) is 5.36. The van der Waals surface area contributed by atoms with Crippen molar-refractivity contribution in [2.24, 2.45) is 0 Å². The molecule has 3 aromatic rings. The van der Waals surface area contributed by atoms with Crippen molar-refractivity contribution in [2.45, 2.75) is 24.7 Å². The second kappa shape index (κ2) is 11.3. The maximum absolute atomic E-state index is 12.9. The van der Waals surface area contributed by atoms with Gasteiger partial charge in [-0.2, -0.15) is 0 Å². The number of benzene rings is 2. The van der Waals surface area contributed by atoms with Crippen molar-refractivity contribution in [3.05, 3.63) is 78.2 Å². The molecule has 7 nitrogen and oxygen atoms in total. The number of carbonyl (C=O) groups is 2. The Kier molecular flexibility index (Phi) is 8.49. The third-order valence-electron chi connectivity index (χ3n) is 5.24. The Morgan fingerprint density at radius 2 is 1.76 bits per heavy atom. The van der Waals surface area contributed by atoms with Crippen molar-refractivity contribution in [3.8, 4) is 11.3 Å². The lowest BCUT2D eigenvalue weighted by molar-refractivity contribution is -0.118. The summed E-state index contributed by atoms with van der Waals surface area (Å²) in [7, 11) is -2.24. The minimum absolute atomic E-state index is 0.107. The number of sulfonamides is 1. The van der Waals surface area contributed by atoms with Crippen LogP contribution in [0.25, 0.3) is 11.3 Å². The SMILES string of the molecule is C=CCN(C(=O)CCCN(C)S(=O)(=O)c1ccc(C(C)=O)cc1)c1nc(-c2ccccc2)cs1. The Bertz CT molecular complexity index is 1250. The fraction of sp³-hybridized carbons (Fsp3) is 0.240. The molecule has 0 unspecified atom stereocenters. The van der Waals surface area contributed by atoms with Gasteiger partial charge in [-0.15, -0.1) is 17.9 Å². The predicted molar refractivity (Wildman–Crippen MR) is 136 cm³/mol. The molecule has 1 aromatic heterocycles. The summed E-state index contributed by atoms with van der Waals surface area (Å²) in [6, 6.07) is 15.6. The van der Waals surface area contributed by atoms with Gasteiger partial charge in [0, 0.05) is 43.1 Å². The van der Waals surface area contributed by atoms with E-state index in [0.717, 1.165) is 11.3 Å². The van der Waals surface area contributed by atoms with Gasteiger partial charge in [-0.05, 0) is 25.5 Å². The zero-order chi connectivity index (χ0) is 24.7. The number of hydrogen-bond donors (Lipinski definition) is 0. The van der Waals surface area contributed by atoms with Gasteiger partial charge in [0.05, 0.1) is 10.6 Å². The van der Waals surface area contributed by atoms with Gasteiger partial charge in [-0.1, -0.05) is 48.5 Å². The van der Waals surface area contributed by atoms with E-state index in [2.05, 4.69) is 11.6 Å². The lowest BCUT2D eigenvalue weighted by atomic mass is 10.2. The maximum Gasteiger partial charge on any atom is 0.242 e. The summed E-state index contributed by atoms with van der Waals surface area (Å²) >= 11 is 1.38. The molecule has 3 rings (SSSR count). The second-order valence-corrected chi connectivity index (χ2v) is 10.6. The molecule has 0 aliphatic heterocycles. The van der Waals surface area contributed by atoms with Crippen LogP contribution in [-0.4, -0.2) is 49.5 Å². The van der Waals surface area contributed by atoms with E-state index in [-0.39, 0.29) is 29.6 Å². The zero-order valence-electron chi connectivity index (χ0n) is 19.2. The second-order valence-electron chi connectivity index (χ2n) is 7.69. The summed E-state index contributed by atoms with van der Waals surface area (Å²) in [6.07, 6.45) is 2.16. The van der Waals surface area contributed by atoms with Gasteiger partial charge in [0.1, 0.15) is 0 Å². The summed E-state index contributed by atoms with van der Waals surface area (Å²) in [5.74, 6) is -0.276. The highest BCUT2D eigenvalue weighted by atomic mass is 32.2. The van der Waals surface area contributed by atoms with E-state index >= 15 is 0 Å². The van der Waals surface area contributed by atoms with Crippen LogP contribution in [0.1, 0.15) is 30.1 Å². The Labute approximate surface area is 204 Å². The third-order valence-corrected chi connectivity index (χ3v) is 7.97. The number of nitrogens with zero attached hydrogens (tertiary/aromatic N) is 3. The zero-order valence-corrected chi connectivity index (χ0v) is 20.8. The van der Waals surface area contributed by atoms with Gasteiger partial charge < -0.3 is 0 Å². The van der Waals surface area contributed by atoms with Gasteiger partial charge >= 0.3 is 0 Å². The summed E-state index contributed by atoms with van der Waals surface area (Å²) < 4.78 is 26.8. The molecule has 0 N–H and O–H groups in total. The lowest BCUT2D eigenvalue weighted by Gasteiger charge is -2.20. The van der Waals surface area contributed by atoms with Crippen LogP contribution in [0, 0.1) is 0 Å². The third kappa shape index (κ3) is 6.05. The summed E-state index contributed by atoms with van der Waals surface area (Å²) in [5.41, 5.74) is 2.22.